The first-order chi connectivity index (χ1) is 5.36. The Labute approximate surface area is 70.9 Å². The van der Waals surface area contributed by atoms with Crippen LogP contribution in [-0.2, 0) is 9.59 Å². The summed E-state index contributed by atoms with van der Waals surface area (Å²) in [5.74, 6) is -2.51. The molecular formula is C7H13NO4. The van der Waals surface area contributed by atoms with E-state index in [1.54, 1.807) is 0 Å². The lowest BCUT2D eigenvalue weighted by atomic mass is 10.5. The minimum Gasteiger partial charge on any atom is -0.478 e. The summed E-state index contributed by atoms with van der Waals surface area (Å²) >= 11 is 0. The summed E-state index contributed by atoms with van der Waals surface area (Å²) in [6.07, 6.45) is 1.12. The van der Waals surface area contributed by atoms with E-state index in [2.05, 4.69) is 0 Å². The van der Waals surface area contributed by atoms with Crippen molar-refractivity contribution in [3.8, 4) is 0 Å². The first-order valence-corrected chi connectivity index (χ1v) is 3.11. The van der Waals surface area contributed by atoms with E-state index >= 15 is 0 Å². The highest BCUT2D eigenvalue weighted by Gasteiger charge is 1.88. The SMILES string of the molecule is CN(C)C.O=C(O)/C=C\C(=O)O. The molecule has 0 aromatic heterocycles. The van der Waals surface area contributed by atoms with Gasteiger partial charge in [0.15, 0.2) is 0 Å². The van der Waals surface area contributed by atoms with Gasteiger partial charge in [-0.1, -0.05) is 0 Å². The van der Waals surface area contributed by atoms with Crippen LogP contribution in [0.5, 0.6) is 0 Å². The zero-order valence-electron chi connectivity index (χ0n) is 7.31. The average molecular weight is 175 g/mol. The predicted molar refractivity (Wildman–Crippen MR) is 44.0 cm³/mol. The van der Waals surface area contributed by atoms with Crippen LogP contribution in [0.1, 0.15) is 0 Å². The Hall–Kier alpha value is -1.36. The molecule has 0 atom stereocenters. The van der Waals surface area contributed by atoms with E-state index in [0.717, 1.165) is 0 Å². The van der Waals surface area contributed by atoms with Crippen molar-refractivity contribution in [3.05, 3.63) is 12.2 Å². The smallest absolute Gasteiger partial charge is 0.328 e. The van der Waals surface area contributed by atoms with Gasteiger partial charge in [-0.2, -0.15) is 0 Å². The summed E-state index contributed by atoms with van der Waals surface area (Å²) in [6, 6.07) is 0. The number of carboxylic acid groups (broad SMARTS) is 2. The molecule has 70 valence electrons. The number of hydrogen-bond donors (Lipinski definition) is 2. The fourth-order valence-corrected chi connectivity index (χ4v) is 0.143. The second-order valence-electron chi connectivity index (χ2n) is 2.35. The summed E-state index contributed by atoms with van der Waals surface area (Å²) in [4.78, 5) is 21.1. The molecule has 0 unspecified atom stereocenters. The van der Waals surface area contributed by atoms with Crippen molar-refractivity contribution in [1.82, 2.24) is 4.90 Å². The first-order valence-electron chi connectivity index (χ1n) is 3.11. The summed E-state index contributed by atoms with van der Waals surface area (Å²) in [5.41, 5.74) is 0. The van der Waals surface area contributed by atoms with Crippen LogP contribution in [0.2, 0.25) is 0 Å². The molecule has 0 rings (SSSR count). The highest BCUT2D eigenvalue weighted by molar-refractivity contribution is 5.89. The number of carbonyl (C=O) groups is 2. The predicted octanol–water partition coefficient (Wildman–Crippen LogP) is -0.110. The minimum atomic E-state index is -1.26. The third kappa shape index (κ3) is 38.1. The summed E-state index contributed by atoms with van der Waals surface area (Å²) in [5, 5.41) is 15.6. The third-order valence-electron chi connectivity index (χ3n) is 0.368. The molecule has 0 aromatic rings. The van der Waals surface area contributed by atoms with Gasteiger partial charge < -0.3 is 15.1 Å². The molecule has 0 aliphatic carbocycles. The third-order valence-corrected chi connectivity index (χ3v) is 0.368. The van der Waals surface area contributed by atoms with Gasteiger partial charge in [0.1, 0.15) is 0 Å². The second-order valence-corrected chi connectivity index (χ2v) is 2.35. The van der Waals surface area contributed by atoms with Gasteiger partial charge in [-0.3, -0.25) is 0 Å². The normalized spacial score (nSPS) is 9.33. The maximum Gasteiger partial charge on any atom is 0.328 e. The fourth-order valence-electron chi connectivity index (χ4n) is 0.143. The van der Waals surface area contributed by atoms with Crippen molar-refractivity contribution in [2.75, 3.05) is 21.1 Å². The van der Waals surface area contributed by atoms with Crippen molar-refractivity contribution in [2.45, 2.75) is 0 Å². The molecule has 2 N–H and O–H groups in total. The second kappa shape index (κ2) is 7.74. The van der Waals surface area contributed by atoms with Crippen LogP contribution in [0.4, 0.5) is 0 Å². The van der Waals surface area contributed by atoms with Crippen LogP contribution >= 0.6 is 0 Å². The Morgan fingerprint density at radius 3 is 1.25 bits per heavy atom. The monoisotopic (exact) mass is 175 g/mol. The molecule has 0 bridgehead atoms. The molecule has 0 heterocycles. The molecule has 0 amide bonds. The minimum absolute atomic E-state index is 0.558. The van der Waals surface area contributed by atoms with Gasteiger partial charge in [0.2, 0.25) is 0 Å². The molecule has 0 saturated heterocycles. The lowest BCUT2D eigenvalue weighted by Crippen LogP contribution is -1.99. The number of nitrogens with zero attached hydrogens (tertiary/aromatic N) is 1. The summed E-state index contributed by atoms with van der Waals surface area (Å²) < 4.78 is 0. The van der Waals surface area contributed by atoms with Crippen molar-refractivity contribution in [3.63, 3.8) is 0 Å². The van der Waals surface area contributed by atoms with E-state index in [9.17, 15) is 9.59 Å². The van der Waals surface area contributed by atoms with Crippen LogP contribution in [0, 0.1) is 0 Å². The quantitative estimate of drug-likeness (QED) is 0.572. The lowest BCUT2D eigenvalue weighted by molar-refractivity contribution is -0.134. The van der Waals surface area contributed by atoms with Crippen molar-refractivity contribution < 1.29 is 19.8 Å². The summed E-state index contributed by atoms with van der Waals surface area (Å²) in [6.45, 7) is 0. The number of rotatable bonds is 2. The molecular weight excluding hydrogens is 162 g/mol. The van der Waals surface area contributed by atoms with Crippen LogP contribution in [0.25, 0.3) is 0 Å². The Bertz CT molecular complexity index is 155. The molecule has 0 spiro atoms. The van der Waals surface area contributed by atoms with Crippen molar-refractivity contribution >= 4 is 11.9 Å². The number of carboxylic acids is 2. The van der Waals surface area contributed by atoms with Crippen LogP contribution < -0.4 is 0 Å². The zero-order valence-corrected chi connectivity index (χ0v) is 7.31. The van der Waals surface area contributed by atoms with E-state index in [4.69, 9.17) is 10.2 Å². The maximum atomic E-state index is 9.55. The standard InChI is InChI=1S/C4H4O4.C3H9N/c5-3(6)1-2-4(7)8;1-4(2)3/h1-2H,(H,5,6)(H,7,8);1-3H3/b2-1-;. The Balaban J connectivity index is 0. The molecule has 5 heteroatoms. The van der Waals surface area contributed by atoms with Crippen LogP contribution in [0.15, 0.2) is 12.2 Å². The average Bonchev–Trinajstić information content (AvgIpc) is 1.82. The highest BCUT2D eigenvalue weighted by atomic mass is 16.4. The van der Waals surface area contributed by atoms with Crippen LogP contribution in [-0.4, -0.2) is 48.2 Å². The largest absolute Gasteiger partial charge is 0.478 e. The topological polar surface area (TPSA) is 77.8 Å². The van der Waals surface area contributed by atoms with Gasteiger partial charge in [-0.25, -0.2) is 9.59 Å². The molecule has 0 saturated carbocycles. The summed E-state index contributed by atoms with van der Waals surface area (Å²) in [7, 11) is 6.00. The Morgan fingerprint density at radius 2 is 1.17 bits per heavy atom. The maximum absolute atomic E-state index is 9.55. The van der Waals surface area contributed by atoms with E-state index in [0.29, 0.717) is 12.2 Å². The van der Waals surface area contributed by atoms with Crippen molar-refractivity contribution in [1.29, 1.82) is 0 Å². The number of aliphatic carboxylic acids is 2. The van der Waals surface area contributed by atoms with Gasteiger partial charge in [-0.05, 0) is 21.1 Å². The van der Waals surface area contributed by atoms with E-state index in [1.165, 1.54) is 0 Å². The Kier molecular flexibility index (Phi) is 8.55. The van der Waals surface area contributed by atoms with E-state index in [1.807, 2.05) is 26.0 Å². The van der Waals surface area contributed by atoms with Crippen LogP contribution in [0.3, 0.4) is 0 Å². The number of hydrogen-bond acceptors (Lipinski definition) is 3. The molecule has 0 aliphatic heterocycles. The Morgan fingerprint density at radius 1 is 1.00 bits per heavy atom. The van der Waals surface area contributed by atoms with Crippen molar-refractivity contribution in [2.24, 2.45) is 0 Å². The van der Waals surface area contributed by atoms with Gasteiger partial charge in [-0.15, -0.1) is 0 Å². The molecule has 0 aliphatic rings. The van der Waals surface area contributed by atoms with Gasteiger partial charge in [0.05, 0.1) is 0 Å². The van der Waals surface area contributed by atoms with Gasteiger partial charge in [0, 0.05) is 12.2 Å². The van der Waals surface area contributed by atoms with E-state index in [-0.39, 0.29) is 0 Å². The first kappa shape index (κ1) is 13.2. The molecule has 0 radical (unpaired) electrons. The van der Waals surface area contributed by atoms with Gasteiger partial charge in [0.25, 0.3) is 0 Å². The molecule has 12 heavy (non-hydrogen) atoms. The van der Waals surface area contributed by atoms with Gasteiger partial charge >= 0.3 is 11.9 Å². The molecule has 0 fully saturated rings. The van der Waals surface area contributed by atoms with E-state index < -0.39 is 11.9 Å². The molecule has 5 nitrogen and oxygen atoms in total. The zero-order chi connectivity index (χ0) is 10.1. The lowest BCUT2D eigenvalue weighted by Gasteiger charge is -1.90. The highest BCUT2D eigenvalue weighted by Crippen LogP contribution is 1.70. The fraction of sp³-hybridized carbons (Fsp3) is 0.429. The molecule has 0 aromatic carbocycles.